The average Bonchev–Trinajstić information content (AvgIpc) is 3.45. The molecule has 3 unspecified atom stereocenters. The van der Waals surface area contributed by atoms with E-state index in [0.29, 0.717) is 30.2 Å². The van der Waals surface area contributed by atoms with Crippen LogP contribution in [0.2, 0.25) is 0 Å². The number of rotatable bonds is 3. The third kappa shape index (κ3) is 5.31. The summed E-state index contributed by atoms with van der Waals surface area (Å²) in [5.74, 6) is 0.428. The van der Waals surface area contributed by atoms with Crippen LogP contribution in [0.3, 0.4) is 0 Å². The quantitative estimate of drug-likeness (QED) is 0.547. The standard InChI is InChI=1S/C30H45N5O4/c1-29(2,3)39-28(38)35-14-11-30(18-35)16-21(17-30)34-12-9-19(10-13-34)20-5-6-22-24(15-20)33(4)32-26(22)23-7-8-25(36)31-27(23)37/h5-6,15,19,21,23,25,27,31,36-37H,7-14,16-18H2,1-4H3. The molecule has 3 saturated heterocycles. The van der Waals surface area contributed by atoms with Crippen molar-refractivity contribution in [2.45, 2.75) is 102 Å². The molecular weight excluding hydrogens is 494 g/mol. The van der Waals surface area contributed by atoms with Gasteiger partial charge in [-0.05, 0) is 102 Å². The second kappa shape index (κ2) is 10.0. The minimum atomic E-state index is -0.786. The predicted molar refractivity (Wildman–Crippen MR) is 149 cm³/mol. The molecule has 2 aromatic rings. The van der Waals surface area contributed by atoms with E-state index in [9.17, 15) is 15.0 Å². The number of ether oxygens (including phenoxy) is 1. The van der Waals surface area contributed by atoms with Gasteiger partial charge in [0.05, 0.1) is 11.2 Å². The number of amides is 1. The van der Waals surface area contributed by atoms with Crippen molar-refractivity contribution in [1.29, 1.82) is 0 Å². The highest BCUT2D eigenvalue weighted by Crippen LogP contribution is 2.51. The fraction of sp³-hybridized carbons (Fsp3) is 0.733. The molecule has 4 aliphatic rings. The van der Waals surface area contributed by atoms with Crippen LogP contribution in [0.25, 0.3) is 10.9 Å². The van der Waals surface area contributed by atoms with E-state index < -0.39 is 18.1 Å². The lowest BCUT2D eigenvalue weighted by Crippen LogP contribution is -2.54. The number of nitrogens with one attached hydrogen (secondary N) is 1. The fourth-order valence-electron chi connectivity index (χ4n) is 7.56. The maximum absolute atomic E-state index is 12.5. The molecule has 39 heavy (non-hydrogen) atoms. The Morgan fingerprint density at radius 1 is 1.10 bits per heavy atom. The summed E-state index contributed by atoms with van der Waals surface area (Å²) >= 11 is 0. The highest BCUT2D eigenvalue weighted by molar-refractivity contribution is 5.83. The number of aliphatic hydroxyl groups excluding tert-OH is 2. The molecule has 0 radical (unpaired) electrons. The van der Waals surface area contributed by atoms with Gasteiger partial charge in [0.25, 0.3) is 0 Å². The van der Waals surface area contributed by atoms with Crippen molar-refractivity contribution in [3.05, 3.63) is 29.5 Å². The number of likely N-dealkylation sites (tertiary alicyclic amines) is 2. The second-order valence-electron chi connectivity index (χ2n) is 13.6. The molecule has 6 rings (SSSR count). The number of aliphatic hydroxyl groups is 2. The van der Waals surface area contributed by atoms with Gasteiger partial charge in [0.2, 0.25) is 0 Å². The number of aryl methyl sites for hydroxylation is 1. The van der Waals surface area contributed by atoms with Crippen molar-refractivity contribution in [3.63, 3.8) is 0 Å². The lowest BCUT2D eigenvalue weighted by atomic mass is 9.64. The van der Waals surface area contributed by atoms with Gasteiger partial charge in [0, 0.05) is 37.5 Å². The van der Waals surface area contributed by atoms with Crippen LogP contribution < -0.4 is 5.32 Å². The van der Waals surface area contributed by atoms with Crippen molar-refractivity contribution in [2.75, 3.05) is 26.2 Å². The smallest absolute Gasteiger partial charge is 0.410 e. The molecule has 1 aromatic heterocycles. The Morgan fingerprint density at radius 2 is 1.85 bits per heavy atom. The van der Waals surface area contributed by atoms with Crippen molar-refractivity contribution >= 4 is 17.0 Å². The molecule has 214 valence electrons. The molecule has 1 spiro atoms. The Kier molecular flexibility index (Phi) is 6.93. The largest absolute Gasteiger partial charge is 0.444 e. The number of carbonyl (C=O) groups excluding carboxylic acids is 1. The fourth-order valence-corrected chi connectivity index (χ4v) is 7.56. The number of benzene rings is 1. The Hall–Kier alpha value is -2.20. The Labute approximate surface area is 231 Å². The summed E-state index contributed by atoms with van der Waals surface area (Å²) in [5.41, 5.74) is 3.25. The molecule has 3 N–H and O–H groups in total. The highest BCUT2D eigenvalue weighted by atomic mass is 16.6. The number of carbonyl (C=O) groups is 1. The first-order valence-electron chi connectivity index (χ1n) is 14.8. The molecule has 1 saturated carbocycles. The number of hydrogen-bond donors (Lipinski definition) is 3. The van der Waals surface area contributed by atoms with Gasteiger partial charge >= 0.3 is 6.09 Å². The van der Waals surface area contributed by atoms with Crippen molar-refractivity contribution in [3.8, 4) is 0 Å². The van der Waals surface area contributed by atoms with Gasteiger partial charge in [-0.3, -0.25) is 10.00 Å². The molecule has 3 atom stereocenters. The molecule has 1 aromatic carbocycles. The summed E-state index contributed by atoms with van der Waals surface area (Å²) < 4.78 is 7.54. The molecule has 4 fully saturated rings. The van der Waals surface area contributed by atoms with Gasteiger partial charge in [0.15, 0.2) is 0 Å². The summed E-state index contributed by atoms with van der Waals surface area (Å²) in [6.45, 7) is 9.70. The number of hydrogen-bond acceptors (Lipinski definition) is 7. The van der Waals surface area contributed by atoms with Crippen LogP contribution in [0.5, 0.6) is 0 Å². The topological polar surface area (TPSA) is 103 Å². The molecule has 3 aliphatic heterocycles. The Balaban J connectivity index is 1.04. The maximum Gasteiger partial charge on any atom is 0.410 e. The molecule has 9 heteroatoms. The van der Waals surface area contributed by atoms with Gasteiger partial charge in [-0.15, -0.1) is 0 Å². The number of piperidine rings is 2. The van der Waals surface area contributed by atoms with Crippen molar-refractivity contribution in [1.82, 2.24) is 24.9 Å². The van der Waals surface area contributed by atoms with E-state index in [0.717, 1.165) is 62.0 Å². The van der Waals surface area contributed by atoms with E-state index in [2.05, 4.69) is 28.4 Å². The zero-order chi connectivity index (χ0) is 27.5. The number of fused-ring (bicyclic) bond motifs is 1. The van der Waals surface area contributed by atoms with Gasteiger partial charge in [-0.2, -0.15) is 5.10 Å². The van der Waals surface area contributed by atoms with Gasteiger partial charge < -0.3 is 24.7 Å². The van der Waals surface area contributed by atoms with Crippen LogP contribution >= 0.6 is 0 Å². The van der Waals surface area contributed by atoms with Gasteiger partial charge in [0.1, 0.15) is 18.1 Å². The van der Waals surface area contributed by atoms with E-state index in [1.165, 1.54) is 18.4 Å². The van der Waals surface area contributed by atoms with E-state index in [1.54, 1.807) is 0 Å². The predicted octanol–water partition coefficient (Wildman–Crippen LogP) is 3.65. The summed E-state index contributed by atoms with van der Waals surface area (Å²) in [5, 5.41) is 29.1. The molecule has 0 bridgehead atoms. The van der Waals surface area contributed by atoms with Crippen LogP contribution in [-0.4, -0.2) is 86.2 Å². The average molecular weight is 540 g/mol. The Morgan fingerprint density at radius 3 is 2.54 bits per heavy atom. The van der Waals surface area contributed by atoms with Crippen LogP contribution in [0, 0.1) is 5.41 Å². The number of nitrogens with zero attached hydrogens (tertiary/aromatic N) is 4. The van der Waals surface area contributed by atoms with E-state index in [1.807, 2.05) is 37.4 Å². The van der Waals surface area contributed by atoms with Gasteiger partial charge in [-0.1, -0.05) is 12.1 Å². The van der Waals surface area contributed by atoms with Crippen LogP contribution in [-0.2, 0) is 11.8 Å². The molecule has 9 nitrogen and oxygen atoms in total. The third-order valence-corrected chi connectivity index (χ3v) is 9.70. The van der Waals surface area contributed by atoms with Gasteiger partial charge in [-0.25, -0.2) is 4.79 Å². The zero-order valence-corrected chi connectivity index (χ0v) is 23.9. The van der Waals surface area contributed by atoms with Crippen molar-refractivity contribution in [2.24, 2.45) is 12.5 Å². The molecular formula is C30H45N5O4. The lowest BCUT2D eigenvalue weighted by Gasteiger charge is -2.51. The summed E-state index contributed by atoms with van der Waals surface area (Å²) in [4.78, 5) is 17.1. The van der Waals surface area contributed by atoms with Crippen molar-refractivity contribution < 1.29 is 19.7 Å². The summed E-state index contributed by atoms with van der Waals surface area (Å²) in [6.07, 6.45) is 5.53. The first kappa shape index (κ1) is 27.0. The van der Waals surface area contributed by atoms with Crippen LogP contribution in [0.1, 0.15) is 88.8 Å². The summed E-state index contributed by atoms with van der Waals surface area (Å²) in [7, 11) is 1.98. The van der Waals surface area contributed by atoms with E-state index in [-0.39, 0.29) is 12.0 Å². The molecule has 1 aliphatic carbocycles. The van der Waals surface area contributed by atoms with E-state index >= 15 is 0 Å². The third-order valence-electron chi connectivity index (χ3n) is 9.70. The van der Waals surface area contributed by atoms with E-state index in [4.69, 9.17) is 9.84 Å². The first-order valence-corrected chi connectivity index (χ1v) is 14.8. The zero-order valence-electron chi connectivity index (χ0n) is 23.9. The monoisotopic (exact) mass is 539 g/mol. The minimum absolute atomic E-state index is 0.118. The second-order valence-corrected chi connectivity index (χ2v) is 13.6. The Bertz CT molecular complexity index is 1210. The first-order chi connectivity index (χ1) is 18.5. The normalized spacial score (nSPS) is 32.6. The lowest BCUT2D eigenvalue weighted by molar-refractivity contribution is -0.0107. The maximum atomic E-state index is 12.5. The van der Waals surface area contributed by atoms with Crippen LogP contribution in [0.15, 0.2) is 18.2 Å². The molecule has 1 amide bonds. The number of aromatic nitrogens is 2. The summed E-state index contributed by atoms with van der Waals surface area (Å²) in [6, 6.07) is 7.38. The van der Waals surface area contributed by atoms with Crippen LogP contribution in [0.4, 0.5) is 4.79 Å². The molecule has 4 heterocycles. The SMILES string of the molecule is Cn1nc(C2CCC(O)NC2O)c2ccc(C3CCN(C4CC5(CCN(C(=O)OC(C)(C)C)C5)C4)CC3)cc21. The minimum Gasteiger partial charge on any atom is -0.444 e. The highest BCUT2D eigenvalue weighted by Gasteiger charge is 2.51.